The van der Waals surface area contributed by atoms with Crippen LogP contribution in [0.2, 0.25) is 0 Å². The highest BCUT2D eigenvalue weighted by Crippen LogP contribution is 2.27. The third kappa shape index (κ3) is 7.46. The number of phenolic OH excluding ortho intramolecular Hbond substituents is 2. The van der Waals surface area contributed by atoms with Gasteiger partial charge in [0.05, 0.1) is 18.9 Å². The molecule has 0 spiro atoms. The van der Waals surface area contributed by atoms with E-state index in [2.05, 4.69) is 15.4 Å². The fraction of sp³-hybridized carbons (Fsp3) is 0.381. The Balaban J connectivity index is 0.00000190. The van der Waals surface area contributed by atoms with Gasteiger partial charge >= 0.3 is 6.09 Å². The number of aliphatic hydroxyl groups is 1. The molecule has 0 aliphatic rings. The van der Waals surface area contributed by atoms with Crippen LogP contribution in [0.4, 0.5) is 10.5 Å². The molecule has 2 rings (SSSR count). The Morgan fingerprint density at radius 2 is 1.75 bits per heavy atom. The summed E-state index contributed by atoms with van der Waals surface area (Å²) in [5.41, 5.74) is 1.80. The van der Waals surface area contributed by atoms with Crippen molar-refractivity contribution in [1.29, 1.82) is 0 Å². The SMILES string of the molecule is CC.COC(=O)Nc1cc([C@H](O)CN[C@H](C)Cc2ccc(O)cc2)ccc1O. The minimum atomic E-state index is -0.809. The number of rotatable bonds is 7. The predicted octanol–water partition coefficient (Wildman–Crippen LogP) is 3.56. The first-order valence-electron chi connectivity index (χ1n) is 9.26. The van der Waals surface area contributed by atoms with Gasteiger partial charge in [-0.3, -0.25) is 5.32 Å². The van der Waals surface area contributed by atoms with Crippen LogP contribution in [0.15, 0.2) is 42.5 Å². The maximum atomic E-state index is 11.3. The molecule has 0 unspecified atom stereocenters. The highest BCUT2D eigenvalue weighted by Gasteiger charge is 2.14. The standard InChI is InChI=1S/C19H24N2O5.C2H6/c1-12(9-13-3-6-15(22)7-4-13)20-11-18(24)14-5-8-17(23)16(10-14)21-19(25)26-2;1-2/h3-8,10,12,18,20,22-24H,9,11H2,1-2H3,(H,21,25);1-2H3/t12-,18-;/m1./s1. The Morgan fingerprint density at radius 1 is 1.11 bits per heavy atom. The molecule has 154 valence electrons. The molecule has 0 bridgehead atoms. The summed E-state index contributed by atoms with van der Waals surface area (Å²) in [6.07, 6.45) is -0.763. The monoisotopic (exact) mass is 390 g/mol. The lowest BCUT2D eigenvalue weighted by Gasteiger charge is -2.18. The second-order valence-corrected chi connectivity index (χ2v) is 6.09. The van der Waals surface area contributed by atoms with Gasteiger partial charge in [-0.05, 0) is 48.7 Å². The summed E-state index contributed by atoms with van der Waals surface area (Å²) in [6, 6.07) is 11.6. The number of anilines is 1. The summed E-state index contributed by atoms with van der Waals surface area (Å²) in [5, 5.41) is 35.1. The number of methoxy groups -OCH3 is 1. The molecule has 2 aromatic rings. The molecule has 0 aliphatic heterocycles. The first-order valence-corrected chi connectivity index (χ1v) is 9.26. The molecule has 5 N–H and O–H groups in total. The van der Waals surface area contributed by atoms with Gasteiger partial charge in [0.1, 0.15) is 11.5 Å². The summed E-state index contributed by atoms with van der Waals surface area (Å²) in [5.74, 6) is 0.119. The summed E-state index contributed by atoms with van der Waals surface area (Å²) < 4.78 is 4.50. The zero-order chi connectivity index (χ0) is 21.1. The number of carbonyl (C=O) groups excluding carboxylic acids is 1. The summed E-state index contributed by atoms with van der Waals surface area (Å²) in [4.78, 5) is 11.3. The second-order valence-electron chi connectivity index (χ2n) is 6.09. The number of phenols is 2. The lowest BCUT2D eigenvalue weighted by Crippen LogP contribution is -2.32. The molecular weight excluding hydrogens is 360 g/mol. The van der Waals surface area contributed by atoms with Crippen molar-refractivity contribution >= 4 is 11.8 Å². The van der Waals surface area contributed by atoms with Crippen LogP contribution in [-0.4, -0.2) is 41.1 Å². The number of nitrogens with one attached hydrogen (secondary N) is 2. The van der Waals surface area contributed by atoms with Crippen LogP contribution < -0.4 is 10.6 Å². The van der Waals surface area contributed by atoms with E-state index in [0.29, 0.717) is 12.1 Å². The van der Waals surface area contributed by atoms with Gasteiger partial charge in [0.2, 0.25) is 0 Å². The minimum absolute atomic E-state index is 0.110. The molecule has 2 aromatic carbocycles. The molecule has 0 aliphatic carbocycles. The van der Waals surface area contributed by atoms with Gasteiger partial charge in [0.25, 0.3) is 0 Å². The Bertz CT molecular complexity index is 734. The molecule has 0 saturated heterocycles. The smallest absolute Gasteiger partial charge is 0.411 e. The molecule has 28 heavy (non-hydrogen) atoms. The maximum Gasteiger partial charge on any atom is 0.411 e. The molecule has 0 radical (unpaired) electrons. The van der Waals surface area contributed by atoms with E-state index in [1.165, 1.54) is 19.2 Å². The third-order valence-corrected chi connectivity index (χ3v) is 3.97. The quantitative estimate of drug-likeness (QED) is 0.462. The fourth-order valence-electron chi connectivity index (χ4n) is 2.51. The Hall–Kier alpha value is -2.77. The van der Waals surface area contributed by atoms with Gasteiger partial charge in [0.15, 0.2) is 0 Å². The first-order chi connectivity index (χ1) is 13.4. The third-order valence-electron chi connectivity index (χ3n) is 3.97. The summed E-state index contributed by atoms with van der Waals surface area (Å²) >= 11 is 0. The fourth-order valence-corrected chi connectivity index (χ4v) is 2.51. The van der Waals surface area contributed by atoms with Gasteiger partial charge < -0.3 is 25.4 Å². The van der Waals surface area contributed by atoms with E-state index in [1.807, 2.05) is 32.9 Å². The number of amides is 1. The van der Waals surface area contributed by atoms with Crippen molar-refractivity contribution in [1.82, 2.24) is 5.32 Å². The molecule has 7 heteroatoms. The molecule has 0 saturated carbocycles. The first kappa shape index (κ1) is 23.3. The number of aliphatic hydroxyl groups excluding tert-OH is 1. The van der Waals surface area contributed by atoms with Gasteiger partial charge in [-0.25, -0.2) is 4.79 Å². The van der Waals surface area contributed by atoms with E-state index < -0.39 is 12.2 Å². The van der Waals surface area contributed by atoms with Crippen LogP contribution in [-0.2, 0) is 11.2 Å². The molecule has 0 aromatic heterocycles. The average Bonchev–Trinajstić information content (AvgIpc) is 2.71. The number of carbonyl (C=O) groups is 1. The van der Waals surface area contributed by atoms with Gasteiger partial charge in [-0.15, -0.1) is 0 Å². The van der Waals surface area contributed by atoms with Crippen molar-refractivity contribution in [3.63, 3.8) is 0 Å². The van der Waals surface area contributed by atoms with Crippen molar-refractivity contribution in [3.8, 4) is 11.5 Å². The highest BCUT2D eigenvalue weighted by atomic mass is 16.5. The Kier molecular flexibility index (Phi) is 9.84. The highest BCUT2D eigenvalue weighted by molar-refractivity contribution is 5.86. The molecule has 1 amide bonds. The topological polar surface area (TPSA) is 111 Å². The van der Waals surface area contributed by atoms with E-state index in [9.17, 15) is 20.1 Å². The zero-order valence-electron chi connectivity index (χ0n) is 16.8. The van der Waals surface area contributed by atoms with E-state index in [0.717, 1.165) is 12.0 Å². The molecule has 7 nitrogen and oxygen atoms in total. The average molecular weight is 390 g/mol. The maximum absolute atomic E-state index is 11.3. The molecular formula is C21H30N2O5. The van der Waals surface area contributed by atoms with Gasteiger partial charge in [0, 0.05) is 12.6 Å². The van der Waals surface area contributed by atoms with E-state index >= 15 is 0 Å². The predicted molar refractivity (Wildman–Crippen MR) is 110 cm³/mol. The zero-order valence-corrected chi connectivity index (χ0v) is 16.8. The molecule has 0 fully saturated rings. The van der Waals surface area contributed by atoms with Crippen LogP contribution >= 0.6 is 0 Å². The van der Waals surface area contributed by atoms with Crippen molar-refractivity contribution < 1.29 is 24.9 Å². The van der Waals surface area contributed by atoms with E-state index in [4.69, 9.17) is 0 Å². The van der Waals surface area contributed by atoms with Crippen LogP contribution in [0, 0.1) is 0 Å². The summed E-state index contributed by atoms with van der Waals surface area (Å²) in [7, 11) is 1.23. The van der Waals surface area contributed by atoms with Crippen molar-refractivity contribution in [2.75, 3.05) is 19.0 Å². The van der Waals surface area contributed by atoms with Crippen molar-refractivity contribution in [3.05, 3.63) is 53.6 Å². The lowest BCUT2D eigenvalue weighted by molar-refractivity contribution is 0.170. The number of ether oxygens (including phenoxy) is 1. The van der Waals surface area contributed by atoms with Crippen molar-refractivity contribution in [2.45, 2.75) is 39.3 Å². The van der Waals surface area contributed by atoms with Crippen LogP contribution in [0.5, 0.6) is 11.5 Å². The Labute approximate surface area is 166 Å². The van der Waals surface area contributed by atoms with E-state index in [1.54, 1.807) is 18.2 Å². The number of aromatic hydroxyl groups is 2. The van der Waals surface area contributed by atoms with Crippen LogP contribution in [0.3, 0.4) is 0 Å². The van der Waals surface area contributed by atoms with Crippen LogP contribution in [0.25, 0.3) is 0 Å². The van der Waals surface area contributed by atoms with Crippen LogP contribution in [0.1, 0.15) is 38.0 Å². The lowest BCUT2D eigenvalue weighted by atomic mass is 10.1. The van der Waals surface area contributed by atoms with E-state index in [-0.39, 0.29) is 23.2 Å². The van der Waals surface area contributed by atoms with Gasteiger partial charge in [-0.2, -0.15) is 0 Å². The Morgan fingerprint density at radius 3 is 2.36 bits per heavy atom. The van der Waals surface area contributed by atoms with Crippen molar-refractivity contribution in [2.24, 2.45) is 0 Å². The number of hydrogen-bond donors (Lipinski definition) is 5. The summed E-state index contributed by atoms with van der Waals surface area (Å²) in [6.45, 7) is 6.31. The number of benzene rings is 2. The minimum Gasteiger partial charge on any atom is -0.508 e. The number of hydrogen-bond acceptors (Lipinski definition) is 6. The molecule has 0 heterocycles. The normalized spacial score (nSPS) is 12.3. The largest absolute Gasteiger partial charge is 0.508 e. The van der Waals surface area contributed by atoms with Gasteiger partial charge in [-0.1, -0.05) is 32.0 Å². The molecule has 2 atom stereocenters. The second kappa shape index (κ2) is 11.8.